The summed E-state index contributed by atoms with van der Waals surface area (Å²) in [5.41, 5.74) is 0.778. The van der Waals surface area contributed by atoms with Crippen LogP contribution in [0.4, 0.5) is 5.69 Å². The van der Waals surface area contributed by atoms with Gasteiger partial charge in [-0.25, -0.2) is 9.59 Å². The first-order valence-corrected chi connectivity index (χ1v) is 7.39. The summed E-state index contributed by atoms with van der Waals surface area (Å²) in [4.78, 5) is 35.4. The normalized spacial score (nSPS) is 19.6. The minimum absolute atomic E-state index is 0.187. The lowest BCUT2D eigenvalue weighted by Gasteiger charge is -2.09. The molecular formula is C17H15NO6. The Kier molecular flexibility index (Phi) is 4.33. The molecule has 0 unspecified atom stereocenters. The maximum Gasteiger partial charge on any atom is 0.347 e. The van der Waals surface area contributed by atoms with E-state index in [0.717, 1.165) is 0 Å². The molecule has 0 radical (unpaired) electrons. The van der Waals surface area contributed by atoms with Gasteiger partial charge in [-0.1, -0.05) is 0 Å². The maximum atomic E-state index is 12.0. The number of anilines is 1. The number of hydrogen-bond donors (Lipinski definition) is 1. The summed E-state index contributed by atoms with van der Waals surface area (Å²) in [6, 6.07) is 9.29. The van der Waals surface area contributed by atoms with Gasteiger partial charge in [0.15, 0.2) is 5.76 Å². The van der Waals surface area contributed by atoms with Crippen molar-refractivity contribution >= 4 is 23.5 Å². The minimum Gasteiger partial charge on any atom is -0.460 e. The first-order chi connectivity index (χ1) is 11.5. The first-order valence-electron chi connectivity index (χ1n) is 7.39. The highest BCUT2D eigenvalue weighted by Gasteiger charge is 2.35. The van der Waals surface area contributed by atoms with Gasteiger partial charge in [0.2, 0.25) is 6.10 Å². The number of benzene rings is 1. The third kappa shape index (κ3) is 3.45. The Morgan fingerprint density at radius 2 is 1.96 bits per heavy atom. The first kappa shape index (κ1) is 15.8. The average Bonchev–Trinajstić information content (AvgIpc) is 3.18. The number of rotatable bonds is 4. The summed E-state index contributed by atoms with van der Waals surface area (Å²) >= 11 is 0. The molecule has 0 spiro atoms. The number of furan rings is 1. The molecule has 2 atom stereocenters. The molecule has 1 aliphatic rings. The molecule has 1 amide bonds. The van der Waals surface area contributed by atoms with E-state index in [-0.39, 0.29) is 17.4 Å². The molecule has 1 aromatic carbocycles. The Morgan fingerprint density at radius 3 is 2.54 bits per heavy atom. The van der Waals surface area contributed by atoms with Crippen LogP contribution in [0.25, 0.3) is 0 Å². The van der Waals surface area contributed by atoms with Crippen LogP contribution < -0.4 is 5.32 Å². The van der Waals surface area contributed by atoms with Gasteiger partial charge in [0.05, 0.1) is 11.8 Å². The Labute approximate surface area is 137 Å². The highest BCUT2D eigenvalue weighted by molar-refractivity contribution is 6.02. The van der Waals surface area contributed by atoms with Crippen molar-refractivity contribution in [2.75, 3.05) is 5.32 Å². The van der Waals surface area contributed by atoms with E-state index in [1.54, 1.807) is 31.2 Å². The van der Waals surface area contributed by atoms with Crippen LogP contribution in [0.2, 0.25) is 0 Å². The van der Waals surface area contributed by atoms with Gasteiger partial charge in [0.25, 0.3) is 5.91 Å². The fourth-order valence-electron chi connectivity index (χ4n) is 2.30. The lowest BCUT2D eigenvalue weighted by Crippen LogP contribution is -2.22. The smallest absolute Gasteiger partial charge is 0.347 e. The average molecular weight is 329 g/mol. The second-order valence-corrected chi connectivity index (χ2v) is 5.39. The van der Waals surface area contributed by atoms with Crippen molar-refractivity contribution in [3.63, 3.8) is 0 Å². The quantitative estimate of drug-likeness (QED) is 0.866. The number of carbonyl (C=O) groups excluding carboxylic acids is 3. The molecule has 2 heterocycles. The standard InChI is InChI=1S/C17H15NO6/c1-10-9-14(17(21)23-10)24-16(20)11-4-6-12(7-5-11)18-15(19)13-3-2-8-22-13/h2-8,10,14H,9H2,1H3,(H,18,19)/t10-,14+/m0/s1. The summed E-state index contributed by atoms with van der Waals surface area (Å²) in [6.07, 6.45) is 0.630. The van der Waals surface area contributed by atoms with Crippen LogP contribution in [0.15, 0.2) is 47.1 Å². The molecule has 1 aliphatic heterocycles. The molecular weight excluding hydrogens is 314 g/mol. The van der Waals surface area contributed by atoms with Crippen molar-refractivity contribution in [1.29, 1.82) is 0 Å². The second kappa shape index (κ2) is 6.57. The lowest BCUT2D eigenvalue weighted by atomic mass is 10.2. The van der Waals surface area contributed by atoms with Gasteiger partial charge in [-0.15, -0.1) is 0 Å². The molecule has 1 aromatic heterocycles. The molecule has 3 rings (SSSR count). The topological polar surface area (TPSA) is 94.8 Å². The van der Waals surface area contributed by atoms with Gasteiger partial charge in [0.1, 0.15) is 6.10 Å². The van der Waals surface area contributed by atoms with E-state index in [9.17, 15) is 14.4 Å². The zero-order chi connectivity index (χ0) is 17.1. The van der Waals surface area contributed by atoms with Crippen LogP contribution in [0.5, 0.6) is 0 Å². The van der Waals surface area contributed by atoms with Gasteiger partial charge in [-0.3, -0.25) is 4.79 Å². The fourth-order valence-corrected chi connectivity index (χ4v) is 2.30. The van der Waals surface area contributed by atoms with Crippen molar-refractivity contribution in [2.24, 2.45) is 0 Å². The van der Waals surface area contributed by atoms with E-state index in [0.29, 0.717) is 12.1 Å². The Bertz CT molecular complexity index is 750. The highest BCUT2D eigenvalue weighted by atomic mass is 16.6. The molecule has 7 nitrogen and oxygen atoms in total. The zero-order valence-electron chi connectivity index (χ0n) is 12.9. The van der Waals surface area contributed by atoms with Crippen LogP contribution in [-0.2, 0) is 14.3 Å². The van der Waals surface area contributed by atoms with Crippen LogP contribution in [0.1, 0.15) is 34.3 Å². The van der Waals surface area contributed by atoms with Crippen molar-refractivity contribution in [3.05, 3.63) is 54.0 Å². The Balaban J connectivity index is 1.60. The summed E-state index contributed by atoms with van der Waals surface area (Å²) < 4.78 is 15.1. The summed E-state index contributed by atoms with van der Waals surface area (Å²) in [6.45, 7) is 1.74. The van der Waals surface area contributed by atoms with Crippen molar-refractivity contribution in [2.45, 2.75) is 25.6 Å². The lowest BCUT2D eigenvalue weighted by molar-refractivity contribution is -0.147. The number of ether oxygens (including phenoxy) is 2. The number of cyclic esters (lactones) is 1. The van der Waals surface area contributed by atoms with E-state index in [4.69, 9.17) is 13.9 Å². The molecule has 1 N–H and O–H groups in total. The number of nitrogens with one attached hydrogen (secondary N) is 1. The predicted molar refractivity (Wildman–Crippen MR) is 82.5 cm³/mol. The Hall–Kier alpha value is -3.09. The van der Waals surface area contributed by atoms with Crippen molar-refractivity contribution in [3.8, 4) is 0 Å². The summed E-state index contributed by atoms with van der Waals surface area (Å²) in [7, 11) is 0. The number of esters is 2. The minimum atomic E-state index is -0.870. The molecule has 0 saturated carbocycles. The third-order valence-corrected chi connectivity index (χ3v) is 3.50. The van der Waals surface area contributed by atoms with Gasteiger partial charge < -0.3 is 19.2 Å². The molecule has 0 bridgehead atoms. The molecule has 0 aliphatic carbocycles. The fraction of sp³-hybridized carbons (Fsp3) is 0.235. The van der Waals surface area contributed by atoms with Crippen LogP contribution in [0.3, 0.4) is 0 Å². The maximum absolute atomic E-state index is 12.0. The monoisotopic (exact) mass is 329 g/mol. The van der Waals surface area contributed by atoms with E-state index in [1.165, 1.54) is 18.4 Å². The summed E-state index contributed by atoms with van der Waals surface area (Å²) in [5.74, 6) is -1.35. The second-order valence-electron chi connectivity index (χ2n) is 5.39. The molecule has 2 aromatic rings. The molecule has 1 saturated heterocycles. The van der Waals surface area contributed by atoms with Crippen molar-refractivity contribution < 1.29 is 28.3 Å². The zero-order valence-corrected chi connectivity index (χ0v) is 12.9. The van der Waals surface area contributed by atoms with Gasteiger partial charge in [0, 0.05) is 12.1 Å². The number of amides is 1. The molecule has 24 heavy (non-hydrogen) atoms. The van der Waals surface area contributed by atoms with Crippen LogP contribution in [-0.4, -0.2) is 30.1 Å². The van der Waals surface area contributed by atoms with Crippen molar-refractivity contribution in [1.82, 2.24) is 0 Å². The number of hydrogen-bond acceptors (Lipinski definition) is 6. The van der Waals surface area contributed by atoms with Crippen LogP contribution >= 0.6 is 0 Å². The van der Waals surface area contributed by atoms with E-state index >= 15 is 0 Å². The summed E-state index contributed by atoms with van der Waals surface area (Å²) in [5, 5.41) is 2.64. The van der Waals surface area contributed by atoms with Gasteiger partial charge in [-0.05, 0) is 43.3 Å². The predicted octanol–water partition coefficient (Wildman–Crippen LogP) is 2.39. The molecule has 1 fully saturated rings. The van der Waals surface area contributed by atoms with Crippen LogP contribution in [0, 0.1) is 0 Å². The third-order valence-electron chi connectivity index (χ3n) is 3.50. The van der Waals surface area contributed by atoms with E-state index in [1.807, 2.05) is 0 Å². The van der Waals surface area contributed by atoms with E-state index < -0.39 is 23.9 Å². The SMILES string of the molecule is C[C@H]1C[C@@H](OC(=O)c2ccc(NC(=O)c3ccco3)cc2)C(=O)O1. The number of carbonyl (C=O) groups is 3. The largest absolute Gasteiger partial charge is 0.460 e. The van der Waals surface area contributed by atoms with Gasteiger partial charge in [-0.2, -0.15) is 0 Å². The van der Waals surface area contributed by atoms with Gasteiger partial charge >= 0.3 is 11.9 Å². The van der Waals surface area contributed by atoms with E-state index in [2.05, 4.69) is 5.32 Å². The Morgan fingerprint density at radius 1 is 1.21 bits per heavy atom. The molecule has 7 heteroatoms. The molecule has 124 valence electrons. The highest BCUT2D eigenvalue weighted by Crippen LogP contribution is 2.19.